The molecule has 2 rings (SSSR count). The predicted octanol–water partition coefficient (Wildman–Crippen LogP) is 3.21. The Morgan fingerprint density at radius 1 is 1.43 bits per heavy atom. The molecule has 1 aliphatic rings. The zero-order valence-corrected chi connectivity index (χ0v) is 14.7. The molecule has 21 heavy (non-hydrogen) atoms. The van der Waals surface area contributed by atoms with Crippen molar-refractivity contribution < 1.29 is 4.74 Å². The van der Waals surface area contributed by atoms with Crippen LogP contribution in [0.25, 0.3) is 0 Å². The fraction of sp³-hybridized carbons (Fsp3) is 0.812. The van der Waals surface area contributed by atoms with Crippen molar-refractivity contribution in [1.82, 2.24) is 10.3 Å². The lowest BCUT2D eigenvalue weighted by Crippen LogP contribution is -2.47. The molecule has 1 N–H and O–H groups in total. The number of ether oxygens (including phenoxy) is 1. The van der Waals surface area contributed by atoms with Crippen LogP contribution < -0.4 is 10.2 Å². The second-order valence-corrected chi connectivity index (χ2v) is 7.14. The van der Waals surface area contributed by atoms with E-state index in [9.17, 15) is 0 Å². The first-order valence-electron chi connectivity index (χ1n) is 8.11. The first-order chi connectivity index (χ1) is 10.1. The molecule has 4 nitrogen and oxygen atoms in total. The van der Waals surface area contributed by atoms with E-state index in [1.807, 2.05) is 18.4 Å². The van der Waals surface area contributed by atoms with Crippen molar-refractivity contribution >= 4 is 16.5 Å². The van der Waals surface area contributed by atoms with E-state index in [0.29, 0.717) is 0 Å². The minimum atomic E-state index is -0.0311. The molecule has 0 spiro atoms. The molecule has 1 aromatic heterocycles. The number of methoxy groups -OCH3 is 1. The largest absolute Gasteiger partial charge is 0.377 e. The van der Waals surface area contributed by atoms with Crippen LogP contribution in [0.15, 0.2) is 0 Å². The maximum absolute atomic E-state index is 5.70. The fourth-order valence-corrected chi connectivity index (χ4v) is 3.95. The Morgan fingerprint density at radius 2 is 2.24 bits per heavy atom. The summed E-state index contributed by atoms with van der Waals surface area (Å²) in [6.07, 6.45) is 4.54. The van der Waals surface area contributed by atoms with Gasteiger partial charge in [-0.3, -0.25) is 0 Å². The van der Waals surface area contributed by atoms with E-state index in [-0.39, 0.29) is 5.60 Å². The third-order valence-corrected chi connectivity index (χ3v) is 5.37. The van der Waals surface area contributed by atoms with Crippen LogP contribution in [0.5, 0.6) is 0 Å². The van der Waals surface area contributed by atoms with Crippen LogP contribution in [-0.2, 0) is 17.7 Å². The van der Waals surface area contributed by atoms with E-state index in [1.54, 1.807) is 0 Å². The summed E-state index contributed by atoms with van der Waals surface area (Å²) in [4.78, 5) is 8.74. The van der Waals surface area contributed by atoms with Crippen molar-refractivity contribution in [3.8, 4) is 0 Å². The van der Waals surface area contributed by atoms with Crippen molar-refractivity contribution in [3.05, 3.63) is 10.6 Å². The van der Waals surface area contributed by atoms with Gasteiger partial charge in [0, 0.05) is 31.6 Å². The summed E-state index contributed by atoms with van der Waals surface area (Å²) in [6.45, 7) is 10.6. The molecule has 0 amide bonds. The molecule has 5 heteroatoms. The topological polar surface area (TPSA) is 37.4 Å². The number of aromatic nitrogens is 1. The standard InChI is InChI=1S/C16H29N3OS/c1-5-8-13-14(11-17-6-2)21-15(18-13)19-10-7-9-16(3,12-19)20-4/h17H,5-12H2,1-4H3. The molecule has 0 radical (unpaired) electrons. The van der Waals surface area contributed by atoms with E-state index in [2.05, 4.69) is 31.0 Å². The first kappa shape index (κ1) is 16.7. The van der Waals surface area contributed by atoms with E-state index >= 15 is 0 Å². The Bertz CT molecular complexity index is 449. The van der Waals surface area contributed by atoms with Gasteiger partial charge in [0.15, 0.2) is 5.13 Å². The monoisotopic (exact) mass is 311 g/mol. The van der Waals surface area contributed by atoms with Crippen molar-refractivity contribution in [2.75, 3.05) is 31.6 Å². The van der Waals surface area contributed by atoms with Crippen LogP contribution >= 0.6 is 11.3 Å². The molecule has 0 saturated carbocycles. The van der Waals surface area contributed by atoms with Gasteiger partial charge in [-0.1, -0.05) is 20.3 Å². The third-order valence-electron chi connectivity index (χ3n) is 4.21. The van der Waals surface area contributed by atoms with Crippen LogP contribution in [0.1, 0.15) is 50.6 Å². The number of hydrogen-bond acceptors (Lipinski definition) is 5. The number of thiazole rings is 1. The molecule has 1 saturated heterocycles. The maximum atomic E-state index is 5.70. The third kappa shape index (κ3) is 4.18. The number of piperidine rings is 1. The number of nitrogens with one attached hydrogen (secondary N) is 1. The Kier molecular flexibility index (Phi) is 6.02. The van der Waals surface area contributed by atoms with Crippen LogP contribution in [0.4, 0.5) is 5.13 Å². The molecule has 1 atom stereocenters. The predicted molar refractivity (Wildman–Crippen MR) is 90.4 cm³/mol. The molecule has 0 aliphatic carbocycles. The lowest BCUT2D eigenvalue weighted by molar-refractivity contribution is -0.00466. The van der Waals surface area contributed by atoms with Crippen molar-refractivity contribution in [3.63, 3.8) is 0 Å². The number of nitrogens with zero attached hydrogens (tertiary/aromatic N) is 2. The van der Waals surface area contributed by atoms with Crippen molar-refractivity contribution in [1.29, 1.82) is 0 Å². The highest BCUT2D eigenvalue weighted by Gasteiger charge is 2.32. The SMILES string of the molecule is CCCc1nc(N2CCCC(C)(OC)C2)sc1CNCC. The average molecular weight is 311 g/mol. The van der Waals surface area contributed by atoms with Gasteiger partial charge in [0.2, 0.25) is 0 Å². The van der Waals surface area contributed by atoms with Gasteiger partial charge in [-0.15, -0.1) is 11.3 Å². The van der Waals surface area contributed by atoms with Crippen molar-refractivity contribution in [2.45, 2.75) is 58.6 Å². The van der Waals surface area contributed by atoms with E-state index in [4.69, 9.17) is 9.72 Å². The minimum absolute atomic E-state index is 0.0311. The molecular formula is C16H29N3OS. The molecule has 0 bridgehead atoms. The van der Waals surface area contributed by atoms with Gasteiger partial charge in [0.25, 0.3) is 0 Å². The fourth-order valence-electron chi connectivity index (χ4n) is 2.85. The summed E-state index contributed by atoms with van der Waals surface area (Å²) >= 11 is 1.85. The van der Waals surface area contributed by atoms with Gasteiger partial charge in [-0.05, 0) is 32.7 Å². The molecule has 1 fully saturated rings. The van der Waals surface area contributed by atoms with Gasteiger partial charge in [0.1, 0.15) is 0 Å². The van der Waals surface area contributed by atoms with Gasteiger partial charge in [-0.2, -0.15) is 0 Å². The zero-order valence-electron chi connectivity index (χ0n) is 13.9. The van der Waals surface area contributed by atoms with Crippen molar-refractivity contribution in [2.24, 2.45) is 0 Å². The maximum Gasteiger partial charge on any atom is 0.185 e. The normalized spacial score (nSPS) is 22.8. The zero-order chi connectivity index (χ0) is 15.3. The Balaban J connectivity index is 2.15. The van der Waals surface area contributed by atoms with Gasteiger partial charge in [0.05, 0.1) is 11.3 Å². The first-order valence-corrected chi connectivity index (χ1v) is 8.93. The number of aryl methyl sites for hydroxylation is 1. The van der Waals surface area contributed by atoms with Gasteiger partial charge < -0.3 is 15.0 Å². The molecule has 1 aromatic rings. The summed E-state index contributed by atoms with van der Waals surface area (Å²) in [7, 11) is 1.82. The second-order valence-electron chi connectivity index (χ2n) is 6.08. The highest BCUT2D eigenvalue weighted by molar-refractivity contribution is 7.15. The van der Waals surface area contributed by atoms with E-state index in [0.717, 1.165) is 45.4 Å². The quantitative estimate of drug-likeness (QED) is 0.839. The lowest BCUT2D eigenvalue weighted by Gasteiger charge is -2.39. The van der Waals surface area contributed by atoms with E-state index in [1.165, 1.54) is 22.1 Å². The molecule has 2 heterocycles. The number of hydrogen-bond donors (Lipinski definition) is 1. The number of rotatable bonds is 7. The summed E-state index contributed by atoms with van der Waals surface area (Å²) < 4.78 is 5.70. The summed E-state index contributed by atoms with van der Waals surface area (Å²) in [5.41, 5.74) is 1.25. The lowest BCUT2D eigenvalue weighted by atomic mass is 9.95. The molecule has 120 valence electrons. The van der Waals surface area contributed by atoms with Gasteiger partial charge >= 0.3 is 0 Å². The summed E-state index contributed by atoms with van der Waals surface area (Å²) in [5.74, 6) is 0. The molecule has 1 aliphatic heterocycles. The minimum Gasteiger partial charge on any atom is -0.377 e. The summed E-state index contributed by atoms with van der Waals surface area (Å²) in [5, 5.41) is 4.61. The highest BCUT2D eigenvalue weighted by atomic mass is 32.1. The molecule has 1 unspecified atom stereocenters. The van der Waals surface area contributed by atoms with Crippen LogP contribution in [-0.4, -0.2) is 37.3 Å². The smallest absolute Gasteiger partial charge is 0.185 e. The molecule has 0 aromatic carbocycles. The Labute approximate surface area is 132 Å². The number of anilines is 1. The summed E-state index contributed by atoms with van der Waals surface area (Å²) in [6, 6.07) is 0. The van der Waals surface area contributed by atoms with Gasteiger partial charge in [-0.25, -0.2) is 4.98 Å². The van der Waals surface area contributed by atoms with Crippen LogP contribution in [0.3, 0.4) is 0 Å². The van der Waals surface area contributed by atoms with Crippen LogP contribution in [0, 0.1) is 0 Å². The van der Waals surface area contributed by atoms with E-state index < -0.39 is 0 Å². The van der Waals surface area contributed by atoms with Crippen LogP contribution in [0.2, 0.25) is 0 Å². The molecular weight excluding hydrogens is 282 g/mol. The highest BCUT2D eigenvalue weighted by Crippen LogP contribution is 2.32. The Morgan fingerprint density at radius 3 is 2.90 bits per heavy atom. The second kappa shape index (κ2) is 7.56. The average Bonchev–Trinajstić information content (AvgIpc) is 2.89. The Hall–Kier alpha value is -0.650.